The lowest BCUT2D eigenvalue weighted by Gasteiger charge is -2.20. The third kappa shape index (κ3) is 5.23. The van der Waals surface area contributed by atoms with Crippen LogP contribution in [0.2, 0.25) is 0 Å². The van der Waals surface area contributed by atoms with Crippen molar-refractivity contribution in [3.05, 3.63) is 29.6 Å². The summed E-state index contributed by atoms with van der Waals surface area (Å²) in [6.07, 6.45) is 1.31. The van der Waals surface area contributed by atoms with E-state index in [-0.39, 0.29) is 18.7 Å². The summed E-state index contributed by atoms with van der Waals surface area (Å²) in [6, 6.07) is 3.58. The highest BCUT2D eigenvalue weighted by Gasteiger charge is 2.18. The van der Waals surface area contributed by atoms with E-state index in [2.05, 4.69) is 10.6 Å². The molecular formula is C15H23FN2O3. The van der Waals surface area contributed by atoms with Gasteiger partial charge >= 0.3 is 6.03 Å². The van der Waals surface area contributed by atoms with Crippen molar-refractivity contribution < 1.29 is 19.0 Å². The summed E-state index contributed by atoms with van der Waals surface area (Å²) >= 11 is 0. The molecule has 0 aromatic heterocycles. The molecule has 5 nitrogen and oxygen atoms in total. The van der Waals surface area contributed by atoms with Gasteiger partial charge in [0.25, 0.3) is 0 Å². The van der Waals surface area contributed by atoms with E-state index >= 15 is 0 Å². The van der Waals surface area contributed by atoms with Gasteiger partial charge in [-0.2, -0.15) is 0 Å². The van der Waals surface area contributed by atoms with Crippen LogP contribution in [0.4, 0.5) is 9.18 Å². The number of ether oxygens (including phenoxy) is 1. The van der Waals surface area contributed by atoms with E-state index in [1.165, 1.54) is 13.2 Å². The normalized spacial score (nSPS) is 13.4. The Hall–Kier alpha value is -1.82. The Morgan fingerprint density at radius 2 is 2.10 bits per heavy atom. The van der Waals surface area contributed by atoms with Crippen molar-refractivity contribution in [2.45, 2.75) is 38.8 Å². The van der Waals surface area contributed by atoms with Crippen molar-refractivity contribution in [2.24, 2.45) is 0 Å². The van der Waals surface area contributed by atoms with Gasteiger partial charge in [0, 0.05) is 12.6 Å². The summed E-state index contributed by atoms with van der Waals surface area (Å²) in [5, 5.41) is 14.2. The highest BCUT2D eigenvalue weighted by molar-refractivity contribution is 5.74. The maximum absolute atomic E-state index is 13.9. The van der Waals surface area contributed by atoms with Crippen LogP contribution in [0.3, 0.4) is 0 Å². The molecule has 0 spiro atoms. The number of benzene rings is 1. The second-order valence-electron chi connectivity index (χ2n) is 4.96. The number of hydrogen-bond donors (Lipinski definition) is 3. The molecular weight excluding hydrogens is 275 g/mol. The van der Waals surface area contributed by atoms with Crippen LogP contribution in [0, 0.1) is 5.82 Å². The monoisotopic (exact) mass is 298 g/mol. The number of aliphatic hydroxyl groups excluding tert-OH is 1. The van der Waals surface area contributed by atoms with Crippen molar-refractivity contribution in [3.8, 4) is 5.75 Å². The van der Waals surface area contributed by atoms with Gasteiger partial charge in [-0.1, -0.05) is 6.07 Å². The molecule has 0 bridgehead atoms. The number of hydrogen-bond acceptors (Lipinski definition) is 3. The lowest BCUT2D eigenvalue weighted by atomic mass is 10.1. The first kappa shape index (κ1) is 17.2. The van der Waals surface area contributed by atoms with Gasteiger partial charge < -0.3 is 20.5 Å². The van der Waals surface area contributed by atoms with E-state index in [9.17, 15) is 9.18 Å². The summed E-state index contributed by atoms with van der Waals surface area (Å²) < 4.78 is 19.0. The maximum Gasteiger partial charge on any atom is 0.315 e. The molecule has 2 amide bonds. The van der Waals surface area contributed by atoms with Crippen LogP contribution in [-0.2, 0) is 0 Å². The molecule has 2 atom stereocenters. The molecule has 0 heterocycles. The molecule has 6 heteroatoms. The number of urea groups is 1. The number of methoxy groups -OCH3 is 1. The van der Waals surface area contributed by atoms with Crippen LogP contribution in [0.1, 0.15) is 38.3 Å². The molecule has 3 N–H and O–H groups in total. The van der Waals surface area contributed by atoms with E-state index in [0.29, 0.717) is 24.2 Å². The van der Waals surface area contributed by atoms with E-state index in [4.69, 9.17) is 9.84 Å². The molecule has 0 saturated heterocycles. The Morgan fingerprint density at radius 1 is 1.38 bits per heavy atom. The van der Waals surface area contributed by atoms with Gasteiger partial charge in [-0.25, -0.2) is 9.18 Å². The minimum Gasteiger partial charge on any atom is -0.496 e. The predicted molar refractivity (Wildman–Crippen MR) is 78.8 cm³/mol. The van der Waals surface area contributed by atoms with E-state index in [1.807, 2.05) is 6.92 Å². The third-order valence-corrected chi connectivity index (χ3v) is 3.19. The van der Waals surface area contributed by atoms with Gasteiger partial charge in [0.1, 0.15) is 11.6 Å². The molecule has 21 heavy (non-hydrogen) atoms. The lowest BCUT2D eigenvalue weighted by molar-refractivity contribution is 0.231. The van der Waals surface area contributed by atoms with Crippen molar-refractivity contribution in [1.82, 2.24) is 10.6 Å². The van der Waals surface area contributed by atoms with Gasteiger partial charge in [0.2, 0.25) is 0 Å². The summed E-state index contributed by atoms with van der Waals surface area (Å²) in [5.74, 6) is -0.0217. The van der Waals surface area contributed by atoms with Crippen LogP contribution in [-0.4, -0.2) is 30.9 Å². The zero-order valence-electron chi connectivity index (χ0n) is 12.6. The van der Waals surface area contributed by atoms with Crippen molar-refractivity contribution >= 4 is 6.03 Å². The van der Waals surface area contributed by atoms with Gasteiger partial charge in [-0.05, 0) is 38.8 Å². The number of aliphatic hydroxyl groups is 1. The highest BCUT2D eigenvalue weighted by Crippen LogP contribution is 2.27. The molecule has 0 aliphatic rings. The molecule has 0 radical (unpaired) electrons. The van der Waals surface area contributed by atoms with E-state index in [1.54, 1.807) is 19.1 Å². The predicted octanol–water partition coefficient (Wildman–Crippen LogP) is 2.36. The fourth-order valence-corrected chi connectivity index (χ4v) is 2.12. The molecule has 118 valence electrons. The zero-order valence-corrected chi connectivity index (χ0v) is 12.6. The number of carbonyl (C=O) groups is 1. The topological polar surface area (TPSA) is 70.6 Å². The van der Waals surface area contributed by atoms with Gasteiger partial charge in [-0.3, -0.25) is 0 Å². The lowest BCUT2D eigenvalue weighted by Crippen LogP contribution is -2.42. The summed E-state index contributed by atoms with van der Waals surface area (Å²) in [5.41, 5.74) is 0.318. The molecule has 0 aliphatic heterocycles. The Morgan fingerprint density at radius 3 is 2.71 bits per heavy atom. The molecule has 1 rings (SSSR count). The largest absolute Gasteiger partial charge is 0.496 e. The Balaban J connectivity index is 2.64. The number of carbonyl (C=O) groups excluding carboxylic acids is 1. The van der Waals surface area contributed by atoms with Gasteiger partial charge in [-0.15, -0.1) is 0 Å². The van der Waals surface area contributed by atoms with Crippen LogP contribution in [0.5, 0.6) is 5.75 Å². The average Bonchev–Trinajstić information content (AvgIpc) is 2.44. The molecule has 1 aromatic rings. The smallest absolute Gasteiger partial charge is 0.315 e. The molecule has 2 unspecified atom stereocenters. The maximum atomic E-state index is 13.9. The zero-order chi connectivity index (χ0) is 15.8. The van der Waals surface area contributed by atoms with Crippen molar-refractivity contribution in [3.63, 3.8) is 0 Å². The van der Waals surface area contributed by atoms with Crippen LogP contribution >= 0.6 is 0 Å². The summed E-state index contributed by atoms with van der Waals surface area (Å²) in [4.78, 5) is 11.9. The Kier molecular flexibility index (Phi) is 6.94. The molecule has 0 fully saturated rings. The Labute approximate surface area is 124 Å². The summed E-state index contributed by atoms with van der Waals surface area (Å²) in [7, 11) is 1.46. The molecule has 0 aliphatic carbocycles. The van der Waals surface area contributed by atoms with Crippen molar-refractivity contribution in [1.29, 1.82) is 0 Å². The first-order chi connectivity index (χ1) is 9.99. The Bertz CT molecular complexity index is 468. The number of nitrogens with one attached hydrogen (secondary N) is 2. The fraction of sp³-hybridized carbons (Fsp3) is 0.533. The van der Waals surface area contributed by atoms with Gasteiger partial charge in [0.15, 0.2) is 0 Å². The number of amides is 2. The number of rotatable bonds is 7. The second-order valence-corrected chi connectivity index (χ2v) is 4.96. The average molecular weight is 298 g/mol. The summed E-state index contributed by atoms with van der Waals surface area (Å²) in [6.45, 7) is 3.64. The van der Waals surface area contributed by atoms with Crippen LogP contribution in [0.25, 0.3) is 0 Å². The first-order valence-corrected chi connectivity index (χ1v) is 6.99. The van der Waals surface area contributed by atoms with E-state index < -0.39 is 11.9 Å². The minimum absolute atomic E-state index is 0.0631. The minimum atomic E-state index is -0.522. The van der Waals surface area contributed by atoms with E-state index in [0.717, 1.165) is 0 Å². The number of halogens is 1. The SMILES string of the molecule is COc1cccc(F)c1C(C)NC(=O)NC(C)CCCO. The molecule has 0 saturated carbocycles. The highest BCUT2D eigenvalue weighted by atomic mass is 19.1. The van der Waals surface area contributed by atoms with Crippen LogP contribution < -0.4 is 15.4 Å². The first-order valence-electron chi connectivity index (χ1n) is 6.99. The third-order valence-electron chi connectivity index (χ3n) is 3.19. The standard InChI is InChI=1S/C15H23FN2O3/c1-10(6-5-9-19)17-15(20)18-11(2)14-12(16)7-4-8-13(14)21-3/h4,7-8,10-11,19H,5-6,9H2,1-3H3,(H2,17,18,20). The van der Waals surface area contributed by atoms with Gasteiger partial charge in [0.05, 0.1) is 18.7 Å². The molecule has 1 aromatic carbocycles. The fourth-order valence-electron chi connectivity index (χ4n) is 2.12. The second kappa shape index (κ2) is 8.46. The van der Waals surface area contributed by atoms with Crippen LogP contribution in [0.15, 0.2) is 18.2 Å². The van der Waals surface area contributed by atoms with Crippen molar-refractivity contribution in [2.75, 3.05) is 13.7 Å². The quantitative estimate of drug-likeness (QED) is 0.723.